The van der Waals surface area contributed by atoms with Crippen LogP contribution < -0.4 is 5.32 Å². The first-order valence-corrected chi connectivity index (χ1v) is 8.08. The van der Waals surface area contributed by atoms with E-state index < -0.39 is 0 Å². The zero-order chi connectivity index (χ0) is 16.3. The van der Waals surface area contributed by atoms with E-state index in [9.17, 15) is 9.59 Å². The maximum absolute atomic E-state index is 12.5. The number of likely N-dealkylation sites (N-methyl/N-ethyl adjacent to an activating group) is 1. The largest absolute Gasteiger partial charge is 0.336 e. The highest BCUT2D eigenvalue weighted by Gasteiger charge is 2.38. The Balaban J connectivity index is 1.98. The molecule has 1 fully saturated rings. The van der Waals surface area contributed by atoms with Gasteiger partial charge >= 0.3 is 0 Å². The number of hydrogen-bond donors (Lipinski definition) is 1. The predicted molar refractivity (Wildman–Crippen MR) is 89.3 cm³/mol. The number of para-hydroxylation sites is 1. The van der Waals surface area contributed by atoms with E-state index in [0.717, 1.165) is 25.7 Å². The van der Waals surface area contributed by atoms with Crippen LogP contribution in [0.1, 0.15) is 32.6 Å². The minimum absolute atomic E-state index is 0.0179. The molecular formula is C16H20Cl2N2O2. The first-order chi connectivity index (χ1) is 10.3. The summed E-state index contributed by atoms with van der Waals surface area (Å²) in [6.45, 7) is 1.96. The highest BCUT2D eigenvalue weighted by molar-refractivity contribution is 6.39. The van der Waals surface area contributed by atoms with Gasteiger partial charge < -0.3 is 10.2 Å². The number of hydrogen-bond acceptors (Lipinski definition) is 2. The van der Waals surface area contributed by atoms with Crippen LogP contribution in [0.25, 0.3) is 0 Å². The molecule has 0 spiro atoms. The van der Waals surface area contributed by atoms with Gasteiger partial charge in [0, 0.05) is 12.5 Å². The van der Waals surface area contributed by atoms with E-state index in [2.05, 4.69) is 5.32 Å². The van der Waals surface area contributed by atoms with E-state index in [0.29, 0.717) is 15.7 Å². The number of anilines is 1. The van der Waals surface area contributed by atoms with Crippen molar-refractivity contribution in [2.45, 2.75) is 32.6 Å². The SMILES string of the molecule is CN(CC(=O)Nc1c(Cl)cccc1Cl)C(=O)C1(C)CCCC1. The van der Waals surface area contributed by atoms with Gasteiger partial charge in [0.1, 0.15) is 0 Å². The van der Waals surface area contributed by atoms with E-state index in [4.69, 9.17) is 23.2 Å². The summed E-state index contributed by atoms with van der Waals surface area (Å²) in [7, 11) is 1.65. The summed E-state index contributed by atoms with van der Waals surface area (Å²) < 4.78 is 0. The van der Waals surface area contributed by atoms with E-state index in [1.165, 1.54) is 4.90 Å². The van der Waals surface area contributed by atoms with Crippen molar-refractivity contribution in [1.29, 1.82) is 0 Å². The molecular weight excluding hydrogens is 323 g/mol. The molecule has 2 rings (SSSR count). The molecule has 1 saturated carbocycles. The molecule has 0 bridgehead atoms. The van der Waals surface area contributed by atoms with Crippen molar-refractivity contribution in [3.63, 3.8) is 0 Å². The number of nitrogens with one attached hydrogen (secondary N) is 1. The van der Waals surface area contributed by atoms with Gasteiger partial charge in [-0.15, -0.1) is 0 Å². The summed E-state index contributed by atoms with van der Waals surface area (Å²) in [6, 6.07) is 5.01. The van der Waals surface area contributed by atoms with Gasteiger partial charge in [0.25, 0.3) is 0 Å². The minimum atomic E-state index is -0.336. The van der Waals surface area contributed by atoms with Gasteiger partial charge in [0.05, 0.1) is 22.3 Å². The summed E-state index contributed by atoms with van der Waals surface area (Å²) in [5, 5.41) is 3.42. The van der Waals surface area contributed by atoms with Crippen LogP contribution in [0.3, 0.4) is 0 Å². The second kappa shape index (κ2) is 6.88. The normalized spacial score (nSPS) is 16.4. The van der Waals surface area contributed by atoms with Gasteiger partial charge in [-0.3, -0.25) is 9.59 Å². The van der Waals surface area contributed by atoms with Crippen LogP contribution in [0.5, 0.6) is 0 Å². The Morgan fingerprint density at radius 3 is 2.32 bits per heavy atom. The lowest BCUT2D eigenvalue weighted by molar-refractivity contribution is -0.141. The second-order valence-corrected chi connectivity index (χ2v) is 6.89. The summed E-state index contributed by atoms with van der Waals surface area (Å²) in [4.78, 5) is 26.1. The second-order valence-electron chi connectivity index (χ2n) is 6.07. The first kappa shape index (κ1) is 17.1. The quantitative estimate of drug-likeness (QED) is 0.899. The summed E-state index contributed by atoms with van der Waals surface area (Å²) in [5.41, 5.74) is 0.0422. The molecule has 0 aliphatic heterocycles. The number of nitrogens with zero attached hydrogens (tertiary/aromatic N) is 1. The molecule has 4 nitrogen and oxygen atoms in total. The van der Waals surface area contributed by atoms with Crippen LogP contribution in [-0.2, 0) is 9.59 Å². The van der Waals surface area contributed by atoms with E-state index in [1.807, 2.05) is 6.92 Å². The van der Waals surface area contributed by atoms with Gasteiger partial charge in [-0.1, -0.05) is 49.0 Å². The Hall–Kier alpha value is -1.26. The number of rotatable bonds is 4. The number of amides is 2. The molecule has 0 atom stereocenters. The number of carbonyl (C=O) groups is 2. The van der Waals surface area contributed by atoms with Crippen molar-refractivity contribution in [1.82, 2.24) is 4.90 Å². The van der Waals surface area contributed by atoms with Gasteiger partial charge in [0.15, 0.2) is 0 Å². The molecule has 1 aromatic carbocycles. The van der Waals surface area contributed by atoms with E-state index in [1.54, 1.807) is 25.2 Å². The molecule has 1 aliphatic rings. The Morgan fingerprint density at radius 1 is 1.23 bits per heavy atom. The maximum atomic E-state index is 12.5. The maximum Gasteiger partial charge on any atom is 0.244 e. The molecule has 120 valence electrons. The van der Waals surface area contributed by atoms with E-state index in [-0.39, 0.29) is 23.8 Å². The molecule has 0 unspecified atom stereocenters. The first-order valence-electron chi connectivity index (χ1n) is 7.33. The van der Waals surface area contributed by atoms with Gasteiger partial charge in [-0.2, -0.15) is 0 Å². The lowest BCUT2D eigenvalue weighted by Gasteiger charge is -2.28. The van der Waals surface area contributed by atoms with Crippen LogP contribution in [0, 0.1) is 5.41 Å². The Bertz CT molecular complexity index is 563. The smallest absolute Gasteiger partial charge is 0.244 e. The van der Waals surface area contributed by atoms with Crippen molar-refractivity contribution in [2.75, 3.05) is 18.9 Å². The molecule has 1 aliphatic carbocycles. The van der Waals surface area contributed by atoms with Crippen molar-refractivity contribution in [2.24, 2.45) is 5.41 Å². The lowest BCUT2D eigenvalue weighted by Crippen LogP contribution is -2.42. The van der Waals surface area contributed by atoms with Crippen molar-refractivity contribution in [3.8, 4) is 0 Å². The molecule has 2 amide bonds. The molecule has 6 heteroatoms. The standard InChI is InChI=1S/C16H20Cl2N2O2/c1-16(8-3-4-9-16)15(22)20(2)10-13(21)19-14-11(17)6-5-7-12(14)18/h5-7H,3-4,8-10H2,1-2H3,(H,19,21). The number of benzene rings is 1. The van der Waals surface area contributed by atoms with Crippen molar-refractivity contribution >= 4 is 40.7 Å². The fourth-order valence-electron chi connectivity index (χ4n) is 2.91. The summed E-state index contributed by atoms with van der Waals surface area (Å²) in [5.74, 6) is -0.294. The number of carbonyl (C=O) groups excluding carboxylic acids is 2. The van der Waals surface area contributed by atoms with Crippen molar-refractivity contribution in [3.05, 3.63) is 28.2 Å². The Morgan fingerprint density at radius 2 is 1.77 bits per heavy atom. The van der Waals surface area contributed by atoms with E-state index >= 15 is 0 Å². The van der Waals surface area contributed by atoms with Gasteiger partial charge in [-0.25, -0.2) is 0 Å². The average Bonchev–Trinajstić information content (AvgIpc) is 2.90. The summed E-state index contributed by atoms with van der Waals surface area (Å²) in [6.07, 6.45) is 3.90. The Labute approximate surface area is 140 Å². The lowest BCUT2D eigenvalue weighted by atomic mass is 9.87. The molecule has 0 aromatic heterocycles. The highest BCUT2D eigenvalue weighted by atomic mass is 35.5. The topological polar surface area (TPSA) is 49.4 Å². The number of halogens is 2. The average molecular weight is 343 g/mol. The van der Waals surface area contributed by atoms with Gasteiger partial charge in [-0.05, 0) is 25.0 Å². The summed E-state index contributed by atoms with van der Waals surface area (Å²) >= 11 is 12.0. The Kier molecular flexibility index (Phi) is 5.35. The predicted octanol–water partition coefficient (Wildman–Crippen LogP) is 3.97. The highest BCUT2D eigenvalue weighted by Crippen LogP contribution is 2.38. The zero-order valence-corrected chi connectivity index (χ0v) is 14.3. The molecule has 1 aromatic rings. The molecule has 0 radical (unpaired) electrons. The van der Waals surface area contributed by atoms with Crippen molar-refractivity contribution < 1.29 is 9.59 Å². The molecule has 1 N–H and O–H groups in total. The van der Waals surface area contributed by atoms with Crippen LogP contribution in [-0.4, -0.2) is 30.3 Å². The third kappa shape index (κ3) is 3.73. The fourth-order valence-corrected chi connectivity index (χ4v) is 3.41. The molecule has 22 heavy (non-hydrogen) atoms. The third-order valence-corrected chi connectivity index (χ3v) is 4.81. The molecule has 0 heterocycles. The fraction of sp³-hybridized carbons (Fsp3) is 0.500. The monoisotopic (exact) mass is 342 g/mol. The van der Waals surface area contributed by atoms with Crippen LogP contribution in [0.4, 0.5) is 5.69 Å². The van der Waals surface area contributed by atoms with Crippen LogP contribution in [0.2, 0.25) is 10.0 Å². The molecule has 0 saturated heterocycles. The van der Waals surface area contributed by atoms with Gasteiger partial charge in [0.2, 0.25) is 11.8 Å². The van der Waals surface area contributed by atoms with Crippen LogP contribution in [0.15, 0.2) is 18.2 Å². The minimum Gasteiger partial charge on any atom is -0.336 e. The zero-order valence-electron chi connectivity index (χ0n) is 12.8. The third-order valence-electron chi connectivity index (χ3n) is 4.18. The van der Waals surface area contributed by atoms with Crippen LogP contribution >= 0.6 is 23.2 Å².